The first-order valence-corrected chi connectivity index (χ1v) is 3.54. The van der Waals surface area contributed by atoms with Crippen LogP contribution in [0.2, 0.25) is 0 Å². The summed E-state index contributed by atoms with van der Waals surface area (Å²) in [6.45, 7) is 0. The first kappa shape index (κ1) is 13.6. The number of aliphatic hydroxyl groups excluding tert-OH is 1. The van der Waals surface area contributed by atoms with E-state index < -0.39 is 12.1 Å². The van der Waals surface area contributed by atoms with E-state index in [9.17, 15) is 9.90 Å². The number of aliphatic hydroxyl groups is 1. The molecule has 0 aromatic carbocycles. The van der Waals surface area contributed by atoms with E-state index in [4.69, 9.17) is 5.11 Å². The van der Waals surface area contributed by atoms with Crippen LogP contribution < -0.4 is 11.3 Å². The zero-order valence-electron chi connectivity index (χ0n) is 5.67. The molecular weight excluding hydrogens is 355 g/mol. The summed E-state index contributed by atoms with van der Waals surface area (Å²) in [4.78, 5) is 9.87. The van der Waals surface area contributed by atoms with Gasteiger partial charge in [0.2, 0.25) is 0 Å². The maximum Gasteiger partial charge on any atom is -0.369 e. The van der Waals surface area contributed by atoms with Crippen molar-refractivity contribution in [1.29, 1.82) is 0 Å². The number of hydrogen-bond donors (Lipinski definition) is 2. The minimum absolute atomic E-state index is 0. The second-order valence-corrected chi connectivity index (χ2v) is 2.37. The maximum absolute atomic E-state index is 9.87. The van der Waals surface area contributed by atoms with Crippen LogP contribution in [0.25, 0.3) is 0 Å². The monoisotopic (exact) mass is 363 g/mol. The van der Waals surface area contributed by atoms with Crippen molar-refractivity contribution in [1.82, 2.24) is 6.15 Å². The average Bonchev–Trinajstić information content (AvgIpc) is 1.87. The van der Waals surface area contributed by atoms with Gasteiger partial charge in [0.05, 0.1) is 0 Å². The third-order valence-electron chi connectivity index (χ3n) is 0.701. The average molecular weight is 363 g/mol. The zero-order valence-corrected chi connectivity index (χ0v) is 8.65. The summed E-state index contributed by atoms with van der Waals surface area (Å²) in [5.74, 6) is -1.55. The van der Waals surface area contributed by atoms with Crippen molar-refractivity contribution in [2.75, 3.05) is 0 Å². The first-order valence-electron chi connectivity index (χ1n) is 2.25. The van der Waals surface area contributed by atoms with Crippen molar-refractivity contribution in [3.05, 3.63) is 0 Å². The molecule has 0 aromatic heterocycles. The number of carbonyl (C=O) groups excluding carboxylic acids is 1. The van der Waals surface area contributed by atoms with Gasteiger partial charge in [0.1, 0.15) is 0 Å². The SMILES string of the molecule is O=C([O-])C(O)CC(=S)[O][Au].[NH4+]. The Morgan fingerprint density at radius 1 is 1.82 bits per heavy atom. The van der Waals surface area contributed by atoms with Gasteiger partial charge in [0.25, 0.3) is 0 Å². The molecule has 0 radical (unpaired) electrons. The van der Waals surface area contributed by atoms with Crippen LogP contribution in [-0.4, -0.2) is 22.2 Å². The third-order valence-corrected chi connectivity index (χ3v) is 1.77. The van der Waals surface area contributed by atoms with Gasteiger partial charge in [0, 0.05) is 0 Å². The predicted octanol–water partition coefficient (Wildman–Crippen LogP) is -1.33. The Kier molecular flexibility index (Phi) is 8.30. The van der Waals surface area contributed by atoms with Crippen LogP contribution in [0.15, 0.2) is 0 Å². The van der Waals surface area contributed by atoms with Gasteiger partial charge in [-0.2, -0.15) is 0 Å². The number of aliphatic carboxylic acids is 1. The van der Waals surface area contributed by atoms with Crippen LogP contribution in [0.3, 0.4) is 0 Å². The Balaban J connectivity index is 0. The molecule has 0 amide bonds. The van der Waals surface area contributed by atoms with Gasteiger partial charge in [-0.25, -0.2) is 0 Å². The number of carboxylic acid groups (broad SMARTS) is 1. The van der Waals surface area contributed by atoms with Crippen molar-refractivity contribution in [3.8, 4) is 0 Å². The second-order valence-electron chi connectivity index (χ2n) is 1.47. The molecule has 70 valence electrons. The summed E-state index contributed by atoms with van der Waals surface area (Å²) in [6.07, 6.45) is -1.79. The molecular formula is C4H8AuNO4S. The summed E-state index contributed by atoms with van der Waals surface area (Å²) >= 11 is 6.13. The van der Waals surface area contributed by atoms with Gasteiger partial charge in [-0.3, -0.25) is 0 Å². The molecule has 5 nitrogen and oxygen atoms in total. The number of carboxylic acids is 1. The van der Waals surface area contributed by atoms with E-state index in [0.717, 1.165) is 0 Å². The van der Waals surface area contributed by atoms with E-state index in [0.29, 0.717) is 0 Å². The van der Waals surface area contributed by atoms with Crippen molar-refractivity contribution in [3.63, 3.8) is 0 Å². The van der Waals surface area contributed by atoms with Gasteiger partial charge in [-0.1, -0.05) is 0 Å². The molecule has 0 spiro atoms. The zero-order chi connectivity index (χ0) is 8.15. The van der Waals surface area contributed by atoms with E-state index in [1.807, 2.05) is 0 Å². The smallest absolute Gasteiger partial charge is 0.369 e. The predicted molar refractivity (Wildman–Crippen MR) is 35.3 cm³/mol. The van der Waals surface area contributed by atoms with Crippen LogP contribution in [0, 0.1) is 0 Å². The largest absolute Gasteiger partial charge is 0.369 e. The molecule has 0 aliphatic heterocycles. The van der Waals surface area contributed by atoms with Crippen LogP contribution in [0.5, 0.6) is 0 Å². The van der Waals surface area contributed by atoms with E-state index in [1.54, 1.807) is 21.5 Å². The Morgan fingerprint density at radius 3 is 2.55 bits per heavy atom. The van der Waals surface area contributed by atoms with Crippen molar-refractivity contribution in [2.45, 2.75) is 12.5 Å². The van der Waals surface area contributed by atoms with Gasteiger partial charge in [-0.15, -0.1) is 0 Å². The number of quaternary nitrogens is 1. The molecule has 0 saturated carbocycles. The molecule has 0 heterocycles. The fourth-order valence-corrected chi connectivity index (χ4v) is 0.605. The molecule has 0 saturated heterocycles. The molecule has 0 aliphatic rings. The Morgan fingerprint density at radius 2 is 2.27 bits per heavy atom. The normalized spacial score (nSPS) is 11.2. The molecule has 5 N–H and O–H groups in total. The number of rotatable bonds is 3. The van der Waals surface area contributed by atoms with Gasteiger partial charge in [-0.05, 0) is 0 Å². The van der Waals surface area contributed by atoms with E-state index >= 15 is 0 Å². The Bertz CT molecular complexity index is 153. The van der Waals surface area contributed by atoms with Crippen LogP contribution in [0.1, 0.15) is 6.42 Å². The Labute approximate surface area is 81.7 Å². The summed E-state index contributed by atoms with van der Waals surface area (Å²) in [5, 5.41) is 18.5. The van der Waals surface area contributed by atoms with Crippen molar-refractivity contribution < 1.29 is 39.7 Å². The summed E-state index contributed by atoms with van der Waals surface area (Å²) in [7, 11) is 0. The Hall–Kier alpha value is 0.0203. The third kappa shape index (κ3) is 6.42. The minimum atomic E-state index is -1.57. The minimum Gasteiger partial charge on any atom is -0.369 e. The van der Waals surface area contributed by atoms with Crippen LogP contribution in [-0.2, 0) is 29.5 Å². The maximum atomic E-state index is 9.87. The fraction of sp³-hybridized carbons (Fsp3) is 0.500. The first-order chi connectivity index (χ1) is 4.57. The molecule has 11 heavy (non-hydrogen) atoms. The molecule has 0 fully saturated rings. The number of hydrogen-bond acceptors (Lipinski definition) is 5. The molecule has 1 atom stereocenters. The van der Waals surface area contributed by atoms with Gasteiger partial charge >= 0.3 is 75.5 Å². The fourth-order valence-electron chi connectivity index (χ4n) is 0.266. The molecule has 1 unspecified atom stereocenters. The summed E-state index contributed by atoms with van der Waals surface area (Å²) in [5.41, 5.74) is 0. The van der Waals surface area contributed by atoms with Crippen molar-refractivity contribution in [2.24, 2.45) is 0 Å². The molecule has 0 aliphatic carbocycles. The second kappa shape index (κ2) is 6.71. The van der Waals surface area contributed by atoms with Gasteiger partial charge in [0.15, 0.2) is 0 Å². The van der Waals surface area contributed by atoms with Crippen LogP contribution >= 0.6 is 12.2 Å². The molecule has 7 heteroatoms. The molecule has 0 bridgehead atoms. The summed E-state index contributed by atoms with van der Waals surface area (Å²) in [6, 6.07) is 0. The number of carbonyl (C=O) groups is 1. The van der Waals surface area contributed by atoms with Gasteiger partial charge < -0.3 is 6.15 Å². The van der Waals surface area contributed by atoms with E-state index in [-0.39, 0.29) is 17.6 Å². The quantitative estimate of drug-likeness (QED) is 0.478. The van der Waals surface area contributed by atoms with E-state index in [2.05, 4.69) is 15.5 Å². The molecule has 0 rings (SSSR count). The topological polar surface area (TPSA) is 106 Å². The summed E-state index contributed by atoms with van der Waals surface area (Å²) < 4.78 is 4.40. The van der Waals surface area contributed by atoms with Crippen LogP contribution in [0.4, 0.5) is 0 Å². The number of thiocarbonyl (C=S) groups is 1. The van der Waals surface area contributed by atoms with Crippen molar-refractivity contribution >= 4 is 23.2 Å². The standard InChI is InChI=1S/C4H6O4S.Au.H3N/c5-2(4(7)8)1-3(6)9;;/h2,5H,1H2,(H,6,9)(H,7,8);;1H3/q;+1;/p-1. The van der Waals surface area contributed by atoms with E-state index in [1.165, 1.54) is 0 Å². The molecule has 0 aromatic rings.